The number of anilines is 1. The highest BCUT2D eigenvalue weighted by molar-refractivity contribution is 8.03. The summed E-state index contributed by atoms with van der Waals surface area (Å²) >= 11 is 6.78. The third kappa shape index (κ3) is 5.11. The van der Waals surface area contributed by atoms with Crippen LogP contribution in [-0.4, -0.2) is 8.42 Å². The maximum absolute atomic E-state index is 12.0. The van der Waals surface area contributed by atoms with Gasteiger partial charge in [0.15, 0.2) is 0 Å². The summed E-state index contributed by atoms with van der Waals surface area (Å²) in [6.07, 6.45) is 1.48. The van der Waals surface area contributed by atoms with Gasteiger partial charge in [0, 0.05) is 15.6 Å². The van der Waals surface area contributed by atoms with Gasteiger partial charge in [0.05, 0.1) is 5.41 Å². The molecule has 2 aromatic carbocycles. The Hall–Kier alpha value is -1.94. The van der Waals surface area contributed by atoms with Crippen molar-refractivity contribution in [2.45, 2.75) is 4.90 Å². The summed E-state index contributed by atoms with van der Waals surface area (Å²) in [4.78, 5) is 0.752. The Morgan fingerprint density at radius 2 is 1.73 bits per heavy atom. The molecule has 0 amide bonds. The minimum atomic E-state index is -3.60. The van der Waals surface area contributed by atoms with Crippen molar-refractivity contribution in [1.29, 1.82) is 5.26 Å². The fourth-order valence-electron chi connectivity index (χ4n) is 1.58. The molecule has 2 aromatic rings. The first kappa shape index (κ1) is 16.4. The molecule has 0 saturated heterocycles. The van der Waals surface area contributed by atoms with Crippen LogP contribution in [0, 0.1) is 10.7 Å². The van der Waals surface area contributed by atoms with Gasteiger partial charge >= 0.3 is 0 Å². The number of nitrogens with one attached hydrogen (secondary N) is 1. The molecule has 4 nitrogen and oxygen atoms in total. The Balaban J connectivity index is 2.07. The van der Waals surface area contributed by atoms with Crippen molar-refractivity contribution in [2.75, 3.05) is 4.72 Å². The molecule has 0 spiro atoms. The molecule has 22 heavy (non-hydrogen) atoms. The smallest absolute Gasteiger partial charge is 0.255 e. The van der Waals surface area contributed by atoms with Crippen LogP contribution in [0.3, 0.4) is 0 Å². The summed E-state index contributed by atoms with van der Waals surface area (Å²) in [5.74, 6) is 0. The maximum Gasteiger partial charge on any atom is 0.255 e. The summed E-state index contributed by atoms with van der Waals surface area (Å²) in [5, 5.41) is 12.2. The highest BCUT2D eigenvalue weighted by Crippen LogP contribution is 2.20. The van der Waals surface area contributed by atoms with E-state index in [9.17, 15) is 8.42 Å². The average Bonchev–Trinajstić information content (AvgIpc) is 2.49. The van der Waals surface area contributed by atoms with Crippen LogP contribution in [-0.2, 0) is 10.0 Å². The number of nitriles is 1. The minimum absolute atomic E-state index is 0.433. The fourth-order valence-corrected chi connectivity index (χ4v) is 2.96. The Kier molecular flexibility index (Phi) is 5.50. The van der Waals surface area contributed by atoms with E-state index in [-0.39, 0.29) is 0 Å². The van der Waals surface area contributed by atoms with Crippen molar-refractivity contribution in [2.24, 2.45) is 0 Å². The Morgan fingerprint density at radius 3 is 2.32 bits per heavy atom. The molecule has 7 heteroatoms. The standard InChI is InChI=1S/C15H11ClN2O2S2/c16-13-3-1-12(2-4-13)9-10-22(19,20)18-14-5-7-15(8-6-14)21-11-17/h1-10,18H. The Bertz CT molecular complexity index is 808. The quantitative estimate of drug-likeness (QED) is 0.643. The molecule has 0 aromatic heterocycles. The molecular formula is C15H11ClN2O2S2. The third-order valence-corrected chi connectivity index (χ3v) is 4.45. The van der Waals surface area contributed by atoms with Crippen molar-refractivity contribution in [3.63, 3.8) is 0 Å². The van der Waals surface area contributed by atoms with Gasteiger partial charge in [0.2, 0.25) is 0 Å². The molecule has 0 atom stereocenters. The lowest BCUT2D eigenvalue weighted by Crippen LogP contribution is -2.08. The van der Waals surface area contributed by atoms with Crippen molar-refractivity contribution >= 4 is 45.1 Å². The van der Waals surface area contributed by atoms with E-state index in [0.29, 0.717) is 10.7 Å². The van der Waals surface area contributed by atoms with Gasteiger partial charge in [-0.1, -0.05) is 23.7 Å². The molecule has 0 aliphatic carbocycles. The SMILES string of the molecule is N#CSc1ccc(NS(=O)(=O)C=Cc2ccc(Cl)cc2)cc1. The van der Waals surface area contributed by atoms with E-state index in [4.69, 9.17) is 16.9 Å². The summed E-state index contributed by atoms with van der Waals surface area (Å²) in [6.45, 7) is 0. The first-order chi connectivity index (χ1) is 10.5. The second kappa shape index (κ2) is 7.36. The number of benzene rings is 2. The van der Waals surface area contributed by atoms with Crippen molar-refractivity contribution in [3.8, 4) is 5.40 Å². The van der Waals surface area contributed by atoms with Crippen LogP contribution < -0.4 is 4.72 Å². The molecular weight excluding hydrogens is 340 g/mol. The molecule has 0 aliphatic heterocycles. The van der Waals surface area contributed by atoms with Gasteiger partial charge in [-0.05, 0) is 59.8 Å². The molecule has 1 N–H and O–H groups in total. The second-order valence-electron chi connectivity index (χ2n) is 4.22. The molecule has 0 heterocycles. The van der Waals surface area contributed by atoms with E-state index in [1.165, 1.54) is 6.08 Å². The van der Waals surface area contributed by atoms with Gasteiger partial charge in [0.25, 0.3) is 10.0 Å². The van der Waals surface area contributed by atoms with Crippen molar-refractivity contribution in [3.05, 3.63) is 64.5 Å². The third-order valence-electron chi connectivity index (χ3n) is 2.59. The molecule has 0 saturated carbocycles. The first-order valence-electron chi connectivity index (χ1n) is 6.11. The van der Waals surface area contributed by atoms with Crippen LogP contribution in [0.1, 0.15) is 5.56 Å². The monoisotopic (exact) mass is 350 g/mol. The number of hydrogen-bond acceptors (Lipinski definition) is 4. The number of thioether (sulfide) groups is 1. The molecule has 0 radical (unpaired) electrons. The number of halogens is 1. The van der Waals surface area contributed by atoms with Crippen molar-refractivity contribution < 1.29 is 8.42 Å². The molecule has 0 bridgehead atoms. The van der Waals surface area contributed by atoms with E-state index < -0.39 is 10.0 Å². The molecule has 0 fully saturated rings. The predicted molar refractivity (Wildman–Crippen MR) is 90.9 cm³/mol. The van der Waals surface area contributed by atoms with E-state index in [2.05, 4.69) is 4.72 Å². The van der Waals surface area contributed by atoms with Crippen LogP contribution in [0.2, 0.25) is 5.02 Å². The summed E-state index contributed by atoms with van der Waals surface area (Å²) in [7, 11) is -3.60. The lowest BCUT2D eigenvalue weighted by atomic mass is 10.2. The molecule has 2 rings (SSSR count). The molecule has 0 aliphatic rings. The molecule has 0 unspecified atom stereocenters. The first-order valence-corrected chi connectivity index (χ1v) is 8.85. The van der Waals surface area contributed by atoms with Gasteiger partial charge in [0.1, 0.15) is 5.40 Å². The summed E-state index contributed by atoms with van der Waals surface area (Å²) < 4.78 is 26.4. The largest absolute Gasteiger partial charge is 0.280 e. The second-order valence-corrected chi connectivity index (χ2v) is 7.08. The summed E-state index contributed by atoms with van der Waals surface area (Å²) in [6, 6.07) is 13.4. The van der Waals surface area contributed by atoms with Crippen molar-refractivity contribution in [1.82, 2.24) is 0 Å². The van der Waals surface area contributed by atoms with E-state index in [1.807, 2.05) is 5.40 Å². The number of nitrogens with zero attached hydrogens (tertiary/aromatic N) is 1. The lowest BCUT2D eigenvalue weighted by Gasteiger charge is -2.04. The fraction of sp³-hybridized carbons (Fsp3) is 0. The zero-order valence-electron chi connectivity index (χ0n) is 11.2. The number of sulfonamides is 1. The highest BCUT2D eigenvalue weighted by atomic mass is 35.5. The number of hydrogen-bond donors (Lipinski definition) is 1. The average molecular weight is 351 g/mol. The zero-order valence-corrected chi connectivity index (χ0v) is 13.6. The van der Waals surface area contributed by atoms with Crippen LogP contribution in [0.25, 0.3) is 6.08 Å². The van der Waals surface area contributed by atoms with Crippen LogP contribution >= 0.6 is 23.4 Å². The van der Waals surface area contributed by atoms with Gasteiger partial charge in [-0.25, -0.2) is 8.42 Å². The topological polar surface area (TPSA) is 70.0 Å². The summed E-state index contributed by atoms with van der Waals surface area (Å²) in [5.41, 5.74) is 1.17. The van der Waals surface area contributed by atoms with E-state index in [1.54, 1.807) is 48.5 Å². The van der Waals surface area contributed by atoms with Gasteiger partial charge in [-0.2, -0.15) is 5.26 Å². The van der Waals surface area contributed by atoms with Crippen LogP contribution in [0.15, 0.2) is 58.8 Å². The van der Waals surface area contributed by atoms with Crippen LogP contribution in [0.4, 0.5) is 5.69 Å². The van der Waals surface area contributed by atoms with Gasteiger partial charge in [-0.3, -0.25) is 4.72 Å². The van der Waals surface area contributed by atoms with E-state index in [0.717, 1.165) is 27.6 Å². The van der Waals surface area contributed by atoms with Gasteiger partial charge in [-0.15, -0.1) is 0 Å². The Labute approximate surface area is 138 Å². The number of thiocyanates is 1. The van der Waals surface area contributed by atoms with Crippen LogP contribution in [0.5, 0.6) is 0 Å². The Morgan fingerprint density at radius 1 is 1.09 bits per heavy atom. The number of rotatable bonds is 5. The van der Waals surface area contributed by atoms with E-state index >= 15 is 0 Å². The molecule has 112 valence electrons. The normalized spacial score (nSPS) is 11.3. The maximum atomic E-state index is 12.0. The minimum Gasteiger partial charge on any atom is -0.280 e. The van der Waals surface area contributed by atoms with Gasteiger partial charge < -0.3 is 0 Å². The predicted octanol–water partition coefficient (Wildman–Crippen LogP) is 4.33. The highest BCUT2D eigenvalue weighted by Gasteiger charge is 2.05. The zero-order chi connectivity index (χ0) is 16.0. The lowest BCUT2D eigenvalue weighted by molar-refractivity contribution is 0.609.